The van der Waals surface area contributed by atoms with E-state index in [4.69, 9.17) is 15.2 Å². The van der Waals surface area contributed by atoms with Gasteiger partial charge in [-0.1, -0.05) is 12.1 Å². The molecule has 36 heavy (non-hydrogen) atoms. The van der Waals surface area contributed by atoms with Gasteiger partial charge in [-0.15, -0.1) is 5.10 Å². The Hall–Kier alpha value is -4.80. The van der Waals surface area contributed by atoms with Crippen molar-refractivity contribution in [1.29, 1.82) is 0 Å². The molecule has 0 radical (unpaired) electrons. The zero-order valence-electron chi connectivity index (χ0n) is 19.6. The number of nitrogens with one attached hydrogen (secondary N) is 1. The van der Waals surface area contributed by atoms with E-state index in [1.807, 2.05) is 43.3 Å². The topological polar surface area (TPSA) is 147 Å². The summed E-state index contributed by atoms with van der Waals surface area (Å²) in [5, 5.41) is 15.8. The Morgan fingerprint density at radius 2 is 1.86 bits per heavy atom. The van der Waals surface area contributed by atoms with Crippen LogP contribution in [-0.2, 0) is 9.59 Å². The fourth-order valence-electron chi connectivity index (χ4n) is 4.21. The van der Waals surface area contributed by atoms with Gasteiger partial charge in [0.2, 0.25) is 5.91 Å². The first-order chi connectivity index (χ1) is 17.4. The summed E-state index contributed by atoms with van der Waals surface area (Å²) >= 11 is 0. The van der Waals surface area contributed by atoms with Gasteiger partial charge < -0.3 is 20.5 Å². The maximum absolute atomic E-state index is 12.7. The number of nitrogens with two attached hydrogens (primary N) is 1. The number of carbonyl (C=O) groups excluding carboxylic acids is 2. The highest BCUT2D eigenvalue weighted by atomic mass is 16.5. The van der Waals surface area contributed by atoms with Crippen LogP contribution in [-0.4, -0.2) is 50.5 Å². The molecule has 2 amide bonds. The van der Waals surface area contributed by atoms with Crippen molar-refractivity contribution in [2.75, 3.05) is 19.0 Å². The molecule has 3 N–H and O–H groups in total. The molecule has 0 unspecified atom stereocenters. The second-order valence-corrected chi connectivity index (χ2v) is 8.26. The third kappa shape index (κ3) is 4.45. The lowest BCUT2D eigenvalue weighted by Gasteiger charge is -2.24. The van der Waals surface area contributed by atoms with Crippen LogP contribution in [0, 0.1) is 6.92 Å². The van der Waals surface area contributed by atoms with Crippen molar-refractivity contribution in [3.05, 3.63) is 71.5 Å². The van der Waals surface area contributed by atoms with Crippen molar-refractivity contribution in [1.82, 2.24) is 25.0 Å². The number of primary amides is 1. The van der Waals surface area contributed by atoms with E-state index in [9.17, 15) is 9.59 Å². The molecule has 0 bridgehead atoms. The third-order valence-electron chi connectivity index (χ3n) is 5.89. The molecule has 3 heterocycles. The van der Waals surface area contributed by atoms with Crippen molar-refractivity contribution in [2.24, 2.45) is 5.73 Å². The maximum Gasteiger partial charge on any atom is 0.272 e. The minimum Gasteiger partial charge on any atom is -0.497 e. The Bertz CT molecular complexity index is 1430. The standard InChI is InChI=1S/C25H23N7O4/c1-14-23-19(15-3-9-18(10-4-15)36-13-21(26)33)11-22(34)29-24(23)32(31-14)25-28-20(12-27-30-25)16-5-7-17(35-2)8-6-16/h3-10,12,19H,11,13H2,1-2H3,(H2,26,33)(H,29,34)/t19-/m0/s1. The quantitative estimate of drug-likeness (QED) is 0.405. The highest BCUT2D eigenvalue weighted by Gasteiger charge is 2.33. The molecule has 1 atom stereocenters. The molecule has 11 nitrogen and oxygen atoms in total. The predicted molar refractivity (Wildman–Crippen MR) is 130 cm³/mol. The number of anilines is 1. The van der Waals surface area contributed by atoms with Crippen LogP contribution in [0.2, 0.25) is 0 Å². The molecular formula is C25H23N7O4. The lowest BCUT2D eigenvalue weighted by Crippen LogP contribution is -2.25. The molecule has 0 aliphatic carbocycles. The van der Waals surface area contributed by atoms with E-state index in [1.54, 1.807) is 25.4 Å². The molecule has 2 aromatic heterocycles. The number of rotatable bonds is 7. The number of ether oxygens (including phenoxy) is 2. The van der Waals surface area contributed by atoms with E-state index in [-0.39, 0.29) is 30.8 Å². The van der Waals surface area contributed by atoms with E-state index < -0.39 is 5.91 Å². The van der Waals surface area contributed by atoms with E-state index in [0.717, 1.165) is 28.1 Å². The van der Waals surface area contributed by atoms with Crippen molar-refractivity contribution in [3.63, 3.8) is 0 Å². The summed E-state index contributed by atoms with van der Waals surface area (Å²) in [6.45, 7) is 1.68. The zero-order chi connectivity index (χ0) is 25.2. The number of aromatic nitrogens is 5. The van der Waals surface area contributed by atoms with E-state index in [2.05, 4.69) is 25.6 Å². The lowest BCUT2D eigenvalue weighted by atomic mass is 9.86. The highest BCUT2D eigenvalue weighted by molar-refractivity contribution is 5.95. The SMILES string of the molecule is COc1ccc(-c2cnnc(-n3nc(C)c4c3NC(=O)C[C@H]4c3ccc(OCC(N)=O)cc3)n2)cc1. The van der Waals surface area contributed by atoms with Crippen LogP contribution >= 0.6 is 0 Å². The van der Waals surface area contributed by atoms with Crippen LogP contribution in [0.5, 0.6) is 11.5 Å². The number of hydrogen-bond donors (Lipinski definition) is 2. The van der Waals surface area contributed by atoms with Crippen LogP contribution in [0.25, 0.3) is 17.2 Å². The predicted octanol–water partition coefficient (Wildman–Crippen LogP) is 2.38. The van der Waals surface area contributed by atoms with E-state index >= 15 is 0 Å². The largest absolute Gasteiger partial charge is 0.497 e. The first-order valence-electron chi connectivity index (χ1n) is 11.2. The average molecular weight is 486 g/mol. The molecule has 5 rings (SSSR count). The molecule has 0 saturated heterocycles. The molecule has 0 fully saturated rings. The second-order valence-electron chi connectivity index (χ2n) is 8.26. The minimum atomic E-state index is -0.552. The highest BCUT2D eigenvalue weighted by Crippen LogP contribution is 2.40. The van der Waals surface area contributed by atoms with Gasteiger partial charge in [0, 0.05) is 23.5 Å². The molecule has 0 spiro atoms. The first-order valence-corrected chi connectivity index (χ1v) is 11.2. The minimum absolute atomic E-state index is 0.151. The van der Waals surface area contributed by atoms with Crippen LogP contribution in [0.1, 0.15) is 29.2 Å². The van der Waals surface area contributed by atoms with Gasteiger partial charge in [-0.2, -0.15) is 14.9 Å². The smallest absolute Gasteiger partial charge is 0.272 e. The molecule has 11 heteroatoms. The lowest BCUT2D eigenvalue weighted by molar-refractivity contribution is -0.120. The summed E-state index contributed by atoms with van der Waals surface area (Å²) in [4.78, 5) is 28.3. The summed E-state index contributed by atoms with van der Waals surface area (Å²) in [5.74, 6) is 1.07. The molecular weight excluding hydrogens is 462 g/mol. The van der Waals surface area contributed by atoms with Gasteiger partial charge in [-0.25, -0.2) is 4.98 Å². The number of carbonyl (C=O) groups is 2. The summed E-state index contributed by atoms with van der Waals surface area (Å²) in [7, 11) is 1.61. The summed E-state index contributed by atoms with van der Waals surface area (Å²) in [6.07, 6.45) is 1.82. The Kier molecular flexibility index (Phi) is 6.03. The van der Waals surface area contributed by atoms with Crippen molar-refractivity contribution < 1.29 is 19.1 Å². The molecule has 1 aliphatic rings. The number of amides is 2. The Morgan fingerprint density at radius 3 is 2.56 bits per heavy atom. The number of hydrogen-bond acceptors (Lipinski definition) is 8. The summed E-state index contributed by atoms with van der Waals surface area (Å²) in [5.41, 5.74) is 9.10. The molecule has 182 valence electrons. The van der Waals surface area contributed by atoms with Crippen molar-refractivity contribution >= 4 is 17.6 Å². The van der Waals surface area contributed by atoms with Gasteiger partial charge in [0.1, 0.15) is 17.3 Å². The van der Waals surface area contributed by atoms with Gasteiger partial charge >= 0.3 is 0 Å². The van der Waals surface area contributed by atoms with E-state index in [0.29, 0.717) is 17.3 Å². The first kappa shape index (κ1) is 23.0. The number of fused-ring (bicyclic) bond motifs is 1. The van der Waals surface area contributed by atoms with Gasteiger partial charge in [0.15, 0.2) is 6.61 Å². The van der Waals surface area contributed by atoms with Crippen LogP contribution in [0.15, 0.2) is 54.7 Å². The Balaban J connectivity index is 1.49. The van der Waals surface area contributed by atoms with Crippen molar-refractivity contribution in [3.8, 4) is 28.7 Å². The fourth-order valence-corrected chi connectivity index (χ4v) is 4.21. The number of benzene rings is 2. The van der Waals surface area contributed by atoms with Crippen molar-refractivity contribution in [2.45, 2.75) is 19.3 Å². The summed E-state index contributed by atoms with van der Waals surface area (Å²) < 4.78 is 12.1. The second kappa shape index (κ2) is 9.45. The van der Waals surface area contributed by atoms with Crippen LogP contribution in [0.3, 0.4) is 0 Å². The summed E-state index contributed by atoms with van der Waals surface area (Å²) in [6, 6.07) is 14.7. The van der Waals surface area contributed by atoms with Gasteiger partial charge in [-0.3, -0.25) is 9.59 Å². The van der Waals surface area contributed by atoms with Gasteiger partial charge in [-0.05, 0) is 48.9 Å². The maximum atomic E-state index is 12.7. The number of nitrogens with zero attached hydrogens (tertiary/aromatic N) is 5. The molecule has 4 aromatic rings. The van der Waals surface area contributed by atoms with Gasteiger partial charge in [0.05, 0.1) is 24.7 Å². The zero-order valence-corrected chi connectivity index (χ0v) is 19.6. The van der Waals surface area contributed by atoms with Crippen LogP contribution in [0.4, 0.5) is 5.82 Å². The molecule has 2 aromatic carbocycles. The fraction of sp³-hybridized carbons (Fsp3) is 0.200. The van der Waals surface area contributed by atoms with E-state index in [1.165, 1.54) is 4.68 Å². The van der Waals surface area contributed by atoms with Crippen LogP contribution < -0.4 is 20.5 Å². The number of aryl methyl sites for hydroxylation is 1. The molecule has 0 saturated carbocycles. The average Bonchev–Trinajstić information content (AvgIpc) is 3.23. The molecule has 1 aliphatic heterocycles. The monoisotopic (exact) mass is 485 g/mol. The number of methoxy groups -OCH3 is 1. The normalized spacial score (nSPS) is 14.6. The van der Waals surface area contributed by atoms with Gasteiger partial charge in [0.25, 0.3) is 11.9 Å². The Labute approximate surface area is 206 Å². The third-order valence-corrected chi connectivity index (χ3v) is 5.89. The Morgan fingerprint density at radius 1 is 1.14 bits per heavy atom.